The molecule has 0 saturated heterocycles. The topological polar surface area (TPSA) is 81.1 Å². The van der Waals surface area contributed by atoms with Gasteiger partial charge in [-0.3, -0.25) is 4.79 Å². The van der Waals surface area contributed by atoms with Gasteiger partial charge in [0, 0.05) is 6.04 Å². The van der Waals surface area contributed by atoms with Crippen molar-refractivity contribution in [3.8, 4) is 5.88 Å². The normalized spacial score (nSPS) is 17.9. The Morgan fingerprint density at radius 3 is 2.73 bits per heavy atom. The quantitative estimate of drug-likeness (QED) is 0.767. The number of rotatable bonds is 2. The second-order valence-corrected chi connectivity index (χ2v) is 3.98. The zero-order valence-electron chi connectivity index (χ0n) is 8.52. The zero-order valence-corrected chi connectivity index (χ0v) is 8.52. The molecular weight excluding hydrogens is 194 g/mol. The summed E-state index contributed by atoms with van der Waals surface area (Å²) >= 11 is 0. The Balaban J connectivity index is 2.30. The summed E-state index contributed by atoms with van der Waals surface area (Å²) in [4.78, 5) is 14.9. The minimum atomic E-state index is -0.615. The van der Waals surface area contributed by atoms with Crippen molar-refractivity contribution in [2.75, 3.05) is 0 Å². The van der Waals surface area contributed by atoms with E-state index in [9.17, 15) is 9.90 Å². The number of imidazole rings is 1. The van der Waals surface area contributed by atoms with E-state index in [2.05, 4.69) is 4.98 Å². The number of primary amides is 1. The Morgan fingerprint density at radius 2 is 2.13 bits per heavy atom. The summed E-state index contributed by atoms with van der Waals surface area (Å²) in [6.45, 7) is 0. The second kappa shape index (κ2) is 3.92. The standard InChI is InChI=1S/C10H15N3O2/c11-9(14)8-10(15)12-6-13(8)7-4-2-1-3-5-7/h6-7,15H,1-5H2,(H2,11,14). The van der Waals surface area contributed by atoms with Crippen LogP contribution in [0, 0.1) is 0 Å². The van der Waals surface area contributed by atoms with Crippen LogP contribution in [0.4, 0.5) is 0 Å². The van der Waals surface area contributed by atoms with Crippen LogP contribution in [0.5, 0.6) is 5.88 Å². The molecule has 1 amide bonds. The third-order valence-corrected chi connectivity index (χ3v) is 2.98. The molecule has 15 heavy (non-hydrogen) atoms. The van der Waals surface area contributed by atoms with E-state index in [1.54, 1.807) is 4.57 Å². The largest absolute Gasteiger partial charge is 0.492 e. The number of amides is 1. The van der Waals surface area contributed by atoms with Gasteiger partial charge in [0.2, 0.25) is 5.88 Å². The van der Waals surface area contributed by atoms with Crippen molar-refractivity contribution in [3.63, 3.8) is 0 Å². The van der Waals surface area contributed by atoms with E-state index >= 15 is 0 Å². The molecule has 5 heteroatoms. The van der Waals surface area contributed by atoms with Gasteiger partial charge in [-0.1, -0.05) is 19.3 Å². The van der Waals surface area contributed by atoms with Gasteiger partial charge in [0.05, 0.1) is 6.33 Å². The Labute approximate surface area is 87.9 Å². The molecule has 2 rings (SSSR count). The van der Waals surface area contributed by atoms with Gasteiger partial charge in [-0.25, -0.2) is 4.98 Å². The van der Waals surface area contributed by atoms with Crippen molar-refractivity contribution in [2.24, 2.45) is 5.73 Å². The molecule has 1 aliphatic rings. The number of nitrogens with zero attached hydrogens (tertiary/aromatic N) is 2. The van der Waals surface area contributed by atoms with E-state index in [1.807, 2.05) is 0 Å². The fraction of sp³-hybridized carbons (Fsp3) is 0.600. The summed E-state index contributed by atoms with van der Waals surface area (Å²) < 4.78 is 1.72. The molecule has 3 N–H and O–H groups in total. The first-order chi connectivity index (χ1) is 7.20. The van der Waals surface area contributed by atoms with Crippen LogP contribution in [-0.2, 0) is 0 Å². The van der Waals surface area contributed by atoms with Gasteiger partial charge in [-0.15, -0.1) is 0 Å². The molecule has 1 heterocycles. The van der Waals surface area contributed by atoms with Gasteiger partial charge in [0.1, 0.15) is 0 Å². The summed E-state index contributed by atoms with van der Waals surface area (Å²) in [7, 11) is 0. The summed E-state index contributed by atoms with van der Waals surface area (Å²) in [6, 6.07) is 0.259. The Kier molecular flexibility index (Phi) is 2.62. The molecule has 82 valence electrons. The van der Waals surface area contributed by atoms with Crippen LogP contribution < -0.4 is 5.73 Å². The number of nitrogens with two attached hydrogens (primary N) is 1. The predicted octanol–water partition coefficient (Wildman–Crippen LogP) is 1.19. The number of carbonyl (C=O) groups is 1. The average molecular weight is 209 g/mol. The van der Waals surface area contributed by atoms with Gasteiger partial charge < -0.3 is 15.4 Å². The summed E-state index contributed by atoms with van der Waals surface area (Å²) in [5.41, 5.74) is 5.35. The maximum Gasteiger partial charge on any atom is 0.271 e. The highest BCUT2D eigenvalue weighted by atomic mass is 16.3. The van der Waals surface area contributed by atoms with E-state index in [1.165, 1.54) is 12.7 Å². The van der Waals surface area contributed by atoms with Crippen LogP contribution in [0.2, 0.25) is 0 Å². The molecule has 0 unspecified atom stereocenters. The Morgan fingerprint density at radius 1 is 1.47 bits per heavy atom. The highest BCUT2D eigenvalue weighted by Gasteiger charge is 2.23. The van der Waals surface area contributed by atoms with Crippen LogP contribution in [0.3, 0.4) is 0 Å². The molecule has 1 aliphatic carbocycles. The van der Waals surface area contributed by atoms with Gasteiger partial charge in [-0.2, -0.15) is 0 Å². The molecule has 1 saturated carbocycles. The highest BCUT2D eigenvalue weighted by Crippen LogP contribution is 2.30. The number of hydrogen-bond donors (Lipinski definition) is 2. The predicted molar refractivity (Wildman–Crippen MR) is 54.5 cm³/mol. The molecule has 1 fully saturated rings. The third-order valence-electron chi connectivity index (χ3n) is 2.98. The van der Waals surface area contributed by atoms with Crippen molar-refractivity contribution < 1.29 is 9.90 Å². The monoisotopic (exact) mass is 209 g/mol. The Bertz CT molecular complexity index is 367. The molecule has 0 bridgehead atoms. The lowest BCUT2D eigenvalue weighted by molar-refractivity contribution is 0.0984. The minimum Gasteiger partial charge on any atom is -0.492 e. The highest BCUT2D eigenvalue weighted by molar-refractivity contribution is 5.93. The van der Waals surface area contributed by atoms with Gasteiger partial charge in [0.15, 0.2) is 5.69 Å². The van der Waals surface area contributed by atoms with Gasteiger partial charge in [0.25, 0.3) is 5.91 Å². The third kappa shape index (κ3) is 1.82. The lowest BCUT2D eigenvalue weighted by Gasteiger charge is -2.23. The van der Waals surface area contributed by atoms with Crippen LogP contribution in [0.15, 0.2) is 6.33 Å². The van der Waals surface area contributed by atoms with E-state index in [4.69, 9.17) is 5.73 Å². The number of carbonyl (C=O) groups excluding carboxylic acids is 1. The maximum atomic E-state index is 11.1. The van der Waals surface area contributed by atoms with E-state index in [-0.39, 0.29) is 17.6 Å². The van der Waals surface area contributed by atoms with Gasteiger partial charge in [-0.05, 0) is 12.8 Å². The number of hydrogen-bond acceptors (Lipinski definition) is 3. The molecule has 0 spiro atoms. The van der Waals surface area contributed by atoms with Crippen molar-refractivity contribution >= 4 is 5.91 Å². The molecule has 1 aromatic heterocycles. The number of aromatic hydroxyl groups is 1. The first-order valence-electron chi connectivity index (χ1n) is 5.25. The average Bonchev–Trinajstić information content (AvgIpc) is 2.61. The lowest BCUT2D eigenvalue weighted by Crippen LogP contribution is -2.21. The van der Waals surface area contributed by atoms with Crippen molar-refractivity contribution in [1.82, 2.24) is 9.55 Å². The smallest absolute Gasteiger partial charge is 0.271 e. The first kappa shape index (κ1) is 10.0. The molecule has 1 aromatic rings. The molecule has 0 aromatic carbocycles. The molecule has 0 atom stereocenters. The van der Waals surface area contributed by atoms with Crippen LogP contribution >= 0.6 is 0 Å². The SMILES string of the molecule is NC(=O)c1c(O)ncn1C1CCCCC1. The number of aromatic nitrogens is 2. The lowest BCUT2D eigenvalue weighted by atomic mass is 9.95. The van der Waals surface area contributed by atoms with Crippen LogP contribution in [0.1, 0.15) is 48.6 Å². The Hall–Kier alpha value is -1.52. The van der Waals surface area contributed by atoms with Gasteiger partial charge >= 0.3 is 0 Å². The van der Waals surface area contributed by atoms with Crippen LogP contribution in [0.25, 0.3) is 0 Å². The zero-order chi connectivity index (χ0) is 10.8. The van der Waals surface area contributed by atoms with Crippen molar-refractivity contribution in [1.29, 1.82) is 0 Å². The summed E-state index contributed by atoms with van der Waals surface area (Å²) in [5, 5.41) is 9.40. The molecule has 5 nitrogen and oxygen atoms in total. The summed E-state index contributed by atoms with van der Waals surface area (Å²) in [5.74, 6) is -0.872. The van der Waals surface area contributed by atoms with Crippen LogP contribution in [-0.4, -0.2) is 20.6 Å². The fourth-order valence-corrected chi connectivity index (χ4v) is 2.22. The summed E-state index contributed by atoms with van der Waals surface area (Å²) in [6.07, 6.45) is 7.10. The molecular formula is C10H15N3O2. The second-order valence-electron chi connectivity index (χ2n) is 3.98. The first-order valence-corrected chi connectivity index (χ1v) is 5.25. The van der Waals surface area contributed by atoms with E-state index in [0.29, 0.717) is 0 Å². The van der Waals surface area contributed by atoms with Crippen molar-refractivity contribution in [2.45, 2.75) is 38.1 Å². The maximum absolute atomic E-state index is 11.1. The molecule has 0 radical (unpaired) electrons. The van der Waals surface area contributed by atoms with E-state index < -0.39 is 5.91 Å². The minimum absolute atomic E-state index is 0.141. The van der Waals surface area contributed by atoms with E-state index in [0.717, 1.165) is 25.7 Å². The fourth-order valence-electron chi connectivity index (χ4n) is 2.22. The molecule has 0 aliphatic heterocycles. The van der Waals surface area contributed by atoms with Crippen molar-refractivity contribution in [3.05, 3.63) is 12.0 Å².